The van der Waals surface area contributed by atoms with Crippen LogP contribution in [0.2, 0.25) is 0 Å². The number of carbonyl (C=O) groups excluding carboxylic acids is 1. The third-order valence-electron chi connectivity index (χ3n) is 2.20. The van der Waals surface area contributed by atoms with Gasteiger partial charge in [-0.15, -0.1) is 11.3 Å². The van der Waals surface area contributed by atoms with Crippen molar-refractivity contribution in [2.75, 3.05) is 18.9 Å². The molecule has 1 atom stereocenters. The lowest BCUT2D eigenvalue weighted by molar-refractivity contribution is 0.167. The summed E-state index contributed by atoms with van der Waals surface area (Å²) in [5.41, 5.74) is 0. The van der Waals surface area contributed by atoms with Crippen LogP contribution in [0, 0.1) is 6.92 Å². The van der Waals surface area contributed by atoms with E-state index >= 15 is 0 Å². The number of amides is 2. The summed E-state index contributed by atoms with van der Waals surface area (Å²) in [5, 5.41) is 12.8. The highest BCUT2D eigenvalue weighted by Crippen LogP contribution is 2.20. The molecule has 5 heteroatoms. The van der Waals surface area contributed by atoms with Crippen LogP contribution in [0.4, 0.5) is 9.80 Å². The Morgan fingerprint density at radius 3 is 2.81 bits per heavy atom. The minimum Gasteiger partial charge on any atom is -0.393 e. The number of nitrogens with zero attached hydrogens (tertiary/aromatic N) is 1. The van der Waals surface area contributed by atoms with Gasteiger partial charge in [0, 0.05) is 18.5 Å². The van der Waals surface area contributed by atoms with E-state index in [1.165, 1.54) is 4.88 Å². The van der Waals surface area contributed by atoms with Gasteiger partial charge in [0.1, 0.15) is 0 Å². The molecule has 1 heterocycles. The second-order valence-electron chi connectivity index (χ2n) is 3.90. The number of aryl methyl sites for hydroxylation is 1. The number of rotatable bonds is 4. The number of hydrogen-bond acceptors (Lipinski definition) is 3. The van der Waals surface area contributed by atoms with Gasteiger partial charge in [-0.1, -0.05) is 0 Å². The van der Waals surface area contributed by atoms with E-state index in [1.807, 2.05) is 19.1 Å². The van der Waals surface area contributed by atoms with Crippen LogP contribution in [0.1, 0.15) is 18.2 Å². The molecule has 1 unspecified atom stereocenters. The molecule has 16 heavy (non-hydrogen) atoms. The molecule has 0 saturated carbocycles. The molecule has 0 spiro atoms. The van der Waals surface area contributed by atoms with Gasteiger partial charge in [0.2, 0.25) is 0 Å². The van der Waals surface area contributed by atoms with Crippen molar-refractivity contribution in [3.8, 4) is 0 Å². The zero-order chi connectivity index (χ0) is 12.1. The third kappa shape index (κ3) is 4.20. The second kappa shape index (κ2) is 5.86. The Labute approximate surface area is 99.9 Å². The predicted molar refractivity (Wildman–Crippen MR) is 67.0 cm³/mol. The lowest BCUT2D eigenvalue weighted by Gasteiger charge is -2.17. The Kier molecular flexibility index (Phi) is 4.76. The zero-order valence-electron chi connectivity index (χ0n) is 9.86. The maximum absolute atomic E-state index is 11.7. The normalized spacial score (nSPS) is 12.2. The highest BCUT2D eigenvalue weighted by molar-refractivity contribution is 7.16. The fraction of sp³-hybridized carbons (Fsp3) is 0.545. The van der Waals surface area contributed by atoms with Crippen molar-refractivity contribution in [3.63, 3.8) is 0 Å². The predicted octanol–water partition coefficient (Wildman–Crippen LogP) is 2.29. The minimum absolute atomic E-state index is 0.137. The number of thiophene rings is 1. The topological polar surface area (TPSA) is 52.6 Å². The summed E-state index contributed by atoms with van der Waals surface area (Å²) in [6, 6.07) is 3.72. The standard InChI is InChI=1S/C11H18N2O2S/c1-8(14)6-7-13(3)11(15)12-10-5-4-9(2)16-10/h4-5,8,14H,6-7H2,1-3H3,(H,12,15). The van der Waals surface area contributed by atoms with Gasteiger partial charge in [-0.05, 0) is 32.4 Å². The maximum atomic E-state index is 11.7. The third-order valence-corrected chi connectivity index (χ3v) is 3.12. The van der Waals surface area contributed by atoms with Crippen LogP contribution in [0.25, 0.3) is 0 Å². The van der Waals surface area contributed by atoms with Crippen LogP contribution in [-0.2, 0) is 0 Å². The number of urea groups is 1. The number of hydrogen-bond donors (Lipinski definition) is 2. The molecule has 1 aromatic rings. The van der Waals surface area contributed by atoms with Gasteiger partial charge in [-0.3, -0.25) is 5.32 Å². The summed E-state index contributed by atoms with van der Waals surface area (Å²) < 4.78 is 0. The molecule has 0 saturated heterocycles. The lowest BCUT2D eigenvalue weighted by Crippen LogP contribution is -2.33. The lowest BCUT2D eigenvalue weighted by atomic mass is 10.3. The highest BCUT2D eigenvalue weighted by atomic mass is 32.1. The highest BCUT2D eigenvalue weighted by Gasteiger charge is 2.10. The van der Waals surface area contributed by atoms with Crippen LogP contribution >= 0.6 is 11.3 Å². The molecule has 2 N–H and O–H groups in total. The first-order valence-corrected chi connectivity index (χ1v) is 6.07. The van der Waals surface area contributed by atoms with E-state index in [1.54, 1.807) is 30.2 Å². The summed E-state index contributed by atoms with van der Waals surface area (Å²) in [6.07, 6.45) is 0.215. The average Bonchev–Trinajstić information content (AvgIpc) is 2.60. The Morgan fingerprint density at radius 1 is 1.62 bits per heavy atom. The maximum Gasteiger partial charge on any atom is 0.322 e. The summed E-state index contributed by atoms with van der Waals surface area (Å²) in [6.45, 7) is 4.26. The molecule has 0 aliphatic rings. The summed E-state index contributed by atoms with van der Waals surface area (Å²) in [4.78, 5) is 14.4. The van der Waals surface area contributed by atoms with Crippen LogP contribution in [0.5, 0.6) is 0 Å². The van der Waals surface area contributed by atoms with Crippen molar-refractivity contribution >= 4 is 22.4 Å². The van der Waals surface area contributed by atoms with E-state index in [4.69, 9.17) is 5.11 Å². The van der Waals surface area contributed by atoms with E-state index in [0.717, 1.165) is 5.00 Å². The first-order chi connectivity index (χ1) is 7.49. The first-order valence-electron chi connectivity index (χ1n) is 5.25. The van der Waals surface area contributed by atoms with Gasteiger partial charge in [-0.2, -0.15) is 0 Å². The monoisotopic (exact) mass is 242 g/mol. The quantitative estimate of drug-likeness (QED) is 0.851. The van der Waals surface area contributed by atoms with Crippen molar-refractivity contribution in [3.05, 3.63) is 17.0 Å². The molecule has 0 bridgehead atoms. The van der Waals surface area contributed by atoms with Gasteiger partial charge < -0.3 is 10.0 Å². The number of anilines is 1. The van der Waals surface area contributed by atoms with E-state index in [9.17, 15) is 4.79 Å². The summed E-state index contributed by atoms with van der Waals surface area (Å²) >= 11 is 1.55. The average molecular weight is 242 g/mol. The number of aliphatic hydroxyl groups is 1. The number of aliphatic hydroxyl groups excluding tert-OH is 1. The molecule has 0 fully saturated rings. The van der Waals surface area contributed by atoms with E-state index in [2.05, 4.69) is 5.32 Å². The Balaban J connectivity index is 2.39. The number of carbonyl (C=O) groups is 1. The Hall–Kier alpha value is -1.07. The van der Waals surface area contributed by atoms with Gasteiger partial charge in [0.15, 0.2) is 0 Å². The fourth-order valence-corrected chi connectivity index (χ4v) is 1.94. The summed E-state index contributed by atoms with van der Waals surface area (Å²) in [7, 11) is 1.72. The Bertz CT molecular complexity index is 350. The first kappa shape index (κ1) is 13.0. The van der Waals surface area contributed by atoms with Gasteiger partial charge in [-0.25, -0.2) is 4.79 Å². The van der Waals surface area contributed by atoms with Crippen LogP contribution in [-0.4, -0.2) is 35.7 Å². The van der Waals surface area contributed by atoms with Crippen molar-refractivity contribution in [2.45, 2.75) is 26.4 Å². The molecule has 0 radical (unpaired) electrons. The number of nitrogens with one attached hydrogen (secondary N) is 1. The van der Waals surface area contributed by atoms with Crippen LogP contribution < -0.4 is 5.32 Å². The molecule has 2 amide bonds. The fourth-order valence-electron chi connectivity index (χ4n) is 1.18. The van der Waals surface area contributed by atoms with Crippen molar-refractivity contribution in [1.82, 2.24) is 4.90 Å². The smallest absolute Gasteiger partial charge is 0.322 e. The van der Waals surface area contributed by atoms with Gasteiger partial charge in [0.05, 0.1) is 11.1 Å². The minimum atomic E-state index is -0.376. The molecular formula is C11H18N2O2S. The van der Waals surface area contributed by atoms with Crippen molar-refractivity contribution in [2.24, 2.45) is 0 Å². The van der Waals surface area contributed by atoms with Crippen molar-refractivity contribution in [1.29, 1.82) is 0 Å². The molecule has 90 valence electrons. The zero-order valence-corrected chi connectivity index (χ0v) is 10.7. The molecule has 1 rings (SSSR count). The van der Waals surface area contributed by atoms with E-state index in [-0.39, 0.29) is 12.1 Å². The largest absolute Gasteiger partial charge is 0.393 e. The molecule has 4 nitrogen and oxygen atoms in total. The molecule has 1 aromatic heterocycles. The van der Waals surface area contributed by atoms with E-state index < -0.39 is 0 Å². The van der Waals surface area contributed by atoms with Crippen LogP contribution in [0.15, 0.2) is 12.1 Å². The molecule has 0 aliphatic heterocycles. The van der Waals surface area contributed by atoms with Gasteiger partial charge >= 0.3 is 6.03 Å². The van der Waals surface area contributed by atoms with Crippen molar-refractivity contribution < 1.29 is 9.90 Å². The van der Waals surface area contributed by atoms with Gasteiger partial charge in [0.25, 0.3) is 0 Å². The molecule has 0 aliphatic carbocycles. The second-order valence-corrected chi connectivity index (χ2v) is 5.19. The molecular weight excluding hydrogens is 224 g/mol. The van der Waals surface area contributed by atoms with E-state index in [0.29, 0.717) is 13.0 Å². The van der Waals surface area contributed by atoms with Crippen LogP contribution in [0.3, 0.4) is 0 Å². The Morgan fingerprint density at radius 2 is 2.31 bits per heavy atom. The SMILES string of the molecule is Cc1ccc(NC(=O)N(C)CCC(C)O)s1. The summed E-state index contributed by atoms with van der Waals surface area (Å²) in [5.74, 6) is 0. The molecule has 0 aromatic carbocycles.